The second kappa shape index (κ2) is 7.70. The fourth-order valence-corrected chi connectivity index (χ4v) is 2.29. The van der Waals surface area contributed by atoms with Gasteiger partial charge in [-0.05, 0) is 43.7 Å². The highest BCUT2D eigenvalue weighted by Crippen LogP contribution is 2.19. The van der Waals surface area contributed by atoms with Gasteiger partial charge in [-0.2, -0.15) is 0 Å². The van der Waals surface area contributed by atoms with E-state index < -0.39 is 0 Å². The van der Waals surface area contributed by atoms with Crippen molar-refractivity contribution in [1.82, 2.24) is 4.90 Å². The molecule has 3 heteroatoms. The number of hydrogen-bond donors (Lipinski definition) is 1. The average molecular weight is 284 g/mol. The second-order valence-electron chi connectivity index (χ2n) is 5.40. The number of para-hydroxylation sites is 2. The molecule has 2 N–H and O–H groups in total. The Hall–Kier alpha value is -2.00. The van der Waals surface area contributed by atoms with E-state index in [1.807, 2.05) is 24.3 Å². The standard InChI is InChI=1S/C18H24N2O/c1-15-8-3-4-9-16(15)14-20(2)12-7-13-21-18-11-6-5-10-17(18)19/h3-6,8-11H,7,12-14,19H2,1-2H3. The van der Waals surface area contributed by atoms with Gasteiger partial charge in [0.25, 0.3) is 0 Å². The first kappa shape index (κ1) is 15.4. The largest absolute Gasteiger partial charge is 0.491 e. The molecule has 0 atom stereocenters. The number of nitrogens with zero attached hydrogens (tertiary/aromatic N) is 1. The number of aryl methyl sites for hydroxylation is 1. The molecule has 0 aliphatic carbocycles. The molecule has 0 fully saturated rings. The molecule has 0 saturated carbocycles. The zero-order chi connectivity index (χ0) is 15.1. The van der Waals surface area contributed by atoms with Gasteiger partial charge in [0, 0.05) is 13.1 Å². The minimum Gasteiger partial charge on any atom is -0.491 e. The van der Waals surface area contributed by atoms with Crippen molar-refractivity contribution in [2.45, 2.75) is 19.9 Å². The maximum Gasteiger partial charge on any atom is 0.142 e. The molecule has 112 valence electrons. The molecular weight excluding hydrogens is 260 g/mol. The van der Waals surface area contributed by atoms with Crippen LogP contribution in [0, 0.1) is 6.92 Å². The Morgan fingerprint density at radius 3 is 2.52 bits per heavy atom. The Morgan fingerprint density at radius 1 is 1.05 bits per heavy atom. The summed E-state index contributed by atoms with van der Waals surface area (Å²) in [5.74, 6) is 0.777. The average Bonchev–Trinajstić information content (AvgIpc) is 2.48. The summed E-state index contributed by atoms with van der Waals surface area (Å²) < 4.78 is 5.71. The molecule has 0 spiro atoms. The van der Waals surface area contributed by atoms with Crippen LogP contribution >= 0.6 is 0 Å². The quantitative estimate of drug-likeness (QED) is 0.625. The number of rotatable bonds is 7. The summed E-state index contributed by atoms with van der Waals surface area (Å²) in [4.78, 5) is 2.32. The zero-order valence-electron chi connectivity index (χ0n) is 12.9. The molecule has 2 rings (SSSR count). The van der Waals surface area contributed by atoms with Crippen LogP contribution in [-0.4, -0.2) is 25.1 Å². The Kier molecular flexibility index (Phi) is 5.64. The van der Waals surface area contributed by atoms with Gasteiger partial charge >= 0.3 is 0 Å². The topological polar surface area (TPSA) is 38.5 Å². The van der Waals surface area contributed by atoms with E-state index in [-0.39, 0.29) is 0 Å². The first-order chi connectivity index (χ1) is 10.2. The fourth-order valence-electron chi connectivity index (χ4n) is 2.29. The molecule has 0 heterocycles. The third-order valence-electron chi connectivity index (χ3n) is 3.56. The number of hydrogen-bond acceptors (Lipinski definition) is 3. The molecule has 21 heavy (non-hydrogen) atoms. The summed E-state index contributed by atoms with van der Waals surface area (Å²) in [7, 11) is 2.14. The molecule has 3 nitrogen and oxygen atoms in total. The summed E-state index contributed by atoms with van der Waals surface area (Å²) in [5.41, 5.74) is 9.27. The van der Waals surface area contributed by atoms with Gasteiger partial charge in [-0.25, -0.2) is 0 Å². The highest BCUT2D eigenvalue weighted by atomic mass is 16.5. The first-order valence-electron chi connectivity index (χ1n) is 7.37. The molecule has 0 unspecified atom stereocenters. The van der Waals surface area contributed by atoms with Gasteiger partial charge in [-0.15, -0.1) is 0 Å². The molecule has 0 aliphatic heterocycles. The van der Waals surface area contributed by atoms with E-state index in [1.165, 1.54) is 11.1 Å². The van der Waals surface area contributed by atoms with Crippen molar-refractivity contribution in [1.29, 1.82) is 0 Å². The first-order valence-corrected chi connectivity index (χ1v) is 7.37. The monoisotopic (exact) mass is 284 g/mol. The van der Waals surface area contributed by atoms with E-state index >= 15 is 0 Å². The van der Waals surface area contributed by atoms with Crippen LogP contribution < -0.4 is 10.5 Å². The number of benzene rings is 2. The molecule has 0 amide bonds. The highest BCUT2D eigenvalue weighted by molar-refractivity contribution is 5.51. The van der Waals surface area contributed by atoms with Gasteiger partial charge in [-0.1, -0.05) is 36.4 Å². The number of anilines is 1. The van der Waals surface area contributed by atoms with Crippen LogP contribution in [0.1, 0.15) is 17.5 Å². The van der Waals surface area contributed by atoms with Crippen molar-refractivity contribution in [3.05, 3.63) is 59.7 Å². The Bertz CT molecular complexity index is 569. The van der Waals surface area contributed by atoms with Gasteiger partial charge in [0.2, 0.25) is 0 Å². The number of ether oxygens (including phenoxy) is 1. The number of nitrogens with two attached hydrogens (primary N) is 1. The third kappa shape index (κ3) is 4.80. The van der Waals surface area contributed by atoms with Crippen LogP contribution in [-0.2, 0) is 6.54 Å². The van der Waals surface area contributed by atoms with Crippen LogP contribution in [0.2, 0.25) is 0 Å². The SMILES string of the molecule is Cc1ccccc1CN(C)CCCOc1ccccc1N. The third-order valence-corrected chi connectivity index (χ3v) is 3.56. The van der Waals surface area contributed by atoms with Crippen LogP contribution in [0.15, 0.2) is 48.5 Å². The lowest BCUT2D eigenvalue weighted by Crippen LogP contribution is -2.21. The van der Waals surface area contributed by atoms with Crippen molar-refractivity contribution < 1.29 is 4.74 Å². The smallest absolute Gasteiger partial charge is 0.142 e. The lowest BCUT2D eigenvalue weighted by molar-refractivity contribution is 0.259. The lowest BCUT2D eigenvalue weighted by Gasteiger charge is -2.18. The van der Waals surface area contributed by atoms with Crippen LogP contribution in [0.4, 0.5) is 5.69 Å². The predicted molar refractivity (Wildman–Crippen MR) is 88.5 cm³/mol. The van der Waals surface area contributed by atoms with Crippen molar-refractivity contribution in [3.8, 4) is 5.75 Å². The van der Waals surface area contributed by atoms with Gasteiger partial charge < -0.3 is 15.4 Å². The summed E-state index contributed by atoms with van der Waals surface area (Å²) in [5, 5.41) is 0. The van der Waals surface area contributed by atoms with E-state index in [0.29, 0.717) is 12.3 Å². The van der Waals surface area contributed by atoms with Crippen molar-refractivity contribution >= 4 is 5.69 Å². The van der Waals surface area contributed by atoms with Gasteiger partial charge in [0.05, 0.1) is 12.3 Å². The van der Waals surface area contributed by atoms with Crippen molar-refractivity contribution in [3.63, 3.8) is 0 Å². The van der Waals surface area contributed by atoms with Crippen LogP contribution in [0.3, 0.4) is 0 Å². The van der Waals surface area contributed by atoms with Gasteiger partial charge in [0.15, 0.2) is 0 Å². The molecule has 0 aliphatic rings. The van der Waals surface area contributed by atoms with E-state index in [1.54, 1.807) is 0 Å². The Balaban J connectivity index is 1.71. The maximum absolute atomic E-state index is 5.85. The summed E-state index contributed by atoms with van der Waals surface area (Å²) in [6, 6.07) is 16.1. The number of nitrogen functional groups attached to an aromatic ring is 1. The van der Waals surface area contributed by atoms with Crippen molar-refractivity contribution in [2.75, 3.05) is 25.9 Å². The van der Waals surface area contributed by atoms with Gasteiger partial charge in [0.1, 0.15) is 5.75 Å². The van der Waals surface area contributed by atoms with Gasteiger partial charge in [-0.3, -0.25) is 0 Å². The molecule has 0 saturated heterocycles. The molecular formula is C18H24N2O. The summed E-state index contributed by atoms with van der Waals surface area (Å²) in [6.07, 6.45) is 0.983. The predicted octanol–water partition coefficient (Wildman–Crippen LogP) is 3.48. The normalized spacial score (nSPS) is 10.8. The highest BCUT2D eigenvalue weighted by Gasteiger charge is 2.03. The van der Waals surface area contributed by atoms with E-state index in [9.17, 15) is 0 Å². The van der Waals surface area contributed by atoms with E-state index in [2.05, 4.69) is 43.1 Å². The maximum atomic E-state index is 5.85. The lowest BCUT2D eigenvalue weighted by atomic mass is 10.1. The van der Waals surface area contributed by atoms with Crippen LogP contribution in [0.5, 0.6) is 5.75 Å². The summed E-state index contributed by atoms with van der Waals surface area (Å²) in [6.45, 7) is 4.82. The minimum atomic E-state index is 0.687. The molecule has 2 aromatic carbocycles. The minimum absolute atomic E-state index is 0.687. The second-order valence-corrected chi connectivity index (χ2v) is 5.40. The molecule has 0 radical (unpaired) electrons. The molecule has 0 aromatic heterocycles. The van der Waals surface area contributed by atoms with E-state index in [4.69, 9.17) is 10.5 Å². The fraction of sp³-hybridized carbons (Fsp3) is 0.333. The molecule has 2 aromatic rings. The molecule has 0 bridgehead atoms. The Morgan fingerprint density at radius 2 is 1.76 bits per heavy atom. The summed E-state index contributed by atoms with van der Waals surface area (Å²) >= 11 is 0. The Labute approximate surface area is 127 Å². The van der Waals surface area contributed by atoms with E-state index in [0.717, 1.165) is 25.3 Å². The van der Waals surface area contributed by atoms with Crippen molar-refractivity contribution in [2.24, 2.45) is 0 Å². The van der Waals surface area contributed by atoms with Crippen LogP contribution in [0.25, 0.3) is 0 Å². The zero-order valence-corrected chi connectivity index (χ0v) is 12.9.